The molecule has 2 aliphatic rings. The van der Waals surface area contributed by atoms with E-state index >= 15 is 0 Å². The summed E-state index contributed by atoms with van der Waals surface area (Å²) in [5.41, 5.74) is 3.85. The number of anilines is 2. The molecule has 2 fully saturated rings. The predicted octanol–water partition coefficient (Wildman–Crippen LogP) is 3.58. The largest absolute Gasteiger partial charge is 0.378 e. The quantitative estimate of drug-likeness (QED) is 0.802. The summed E-state index contributed by atoms with van der Waals surface area (Å²) >= 11 is 0. The highest BCUT2D eigenvalue weighted by molar-refractivity contribution is 6.04. The third kappa shape index (κ3) is 5.64. The molecule has 0 saturated carbocycles. The number of benzene rings is 2. The van der Waals surface area contributed by atoms with E-state index in [4.69, 9.17) is 4.74 Å². The molecule has 0 atom stereocenters. The van der Waals surface area contributed by atoms with Gasteiger partial charge in [-0.1, -0.05) is 12.1 Å². The Labute approximate surface area is 184 Å². The second kappa shape index (κ2) is 9.96. The number of morpholine rings is 1. The number of ether oxygens (including phenoxy) is 1. The molecule has 2 heterocycles. The van der Waals surface area contributed by atoms with Crippen LogP contribution < -0.4 is 10.2 Å². The lowest BCUT2D eigenvalue weighted by Crippen LogP contribution is -2.37. The van der Waals surface area contributed by atoms with Crippen LogP contribution in [0.15, 0.2) is 48.5 Å². The fourth-order valence-electron chi connectivity index (χ4n) is 4.36. The first-order valence-corrected chi connectivity index (χ1v) is 11.2. The summed E-state index contributed by atoms with van der Waals surface area (Å²) in [6, 6.07) is 15.9. The van der Waals surface area contributed by atoms with Gasteiger partial charge in [-0.05, 0) is 67.1 Å². The molecule has 0 bridgehead atoms. The summed E-state index contributed by atoms with van der Waals surface area (Å²) in [6.45, 7) is 6.65. The maximum atomic E-state index is 12.6. The Balaban J connectivity index is 1.28. The minimum atomic E-state index is -0.0968. The van der Waals surface area contributed by atoms with Crippen molar-refractivity contribution in [2.24, 2.45) is 5.92 Å². The molecule has 0 unspecified atom stereocenters. The Morgan fingerprint density at radius 3 is 2.19 bits per heavy atom. The Kier molecular flexibility index (Phi) is 6.87. The predicted molar refractivity (Wildman–Crippen MR) is 123 cm³/mol. The van der Waals surface area contributed by atoms with Crippen LogP contribution in [0.3, 0.4) is 0 Å². The molecule has 4 rings (SSSR count). The van der Waals surface area contributed by atoms with Gasteiger partial charge in [0.1, 0.15) is 0 Å². The Morgan fingerprint density at radius 1 is 0.935 bits per heavy atom. The van der Waals surface area contributed by atoms with Crippen LogP contribution >= 0.6 is 0 Å². The summed E-state index contributed by atoms with van der Waals surface area (Å²) in [6.07, 6.45) is 3.08. The molecule has 0 aromatic heterocycles. The maximum Gasteiger partial charge on any atom is 0.255 e. The van der Waals surface area contributed by atoms with E-state index in [1.807, 2.05) is 53.4 Å². The number of hydrogen-bond donors (Lipinski definition) is 1. The molecule has 1 N–H and O–H groups in total. The lowest BCUT2D eigenvalue weighted by molar-refractivity contribution is -0.130. The van der Waals surface area contributed by atoms with Gasteiger partial charge < -0.3 is 19.9 Å². The summed E-state index contributed by atoms with van der Waals surface area (Å²) in [5, 5.41) is 2.99. The number of nitrogens with one attached hydrogen (secondary N) is 1. The van der Waals surface area contributed by atoms with Gasteiger partial charge in [-0.15, -0.1) is 0 Å². The van der Waals surface area contributed by atoms with Gasteiger partial charge in [0.15, 0.2) is 0 Å². The van der Waals surface area contributed by atoms with Crippen LogP contribution in [0.5, 0.6) is 0 Å². The van der Waals surface area contributed by atoms with Gasteiger partial charge in [0.2, 0.25) is 5.91 Å². The molecular formula is C25H31N3O3. The number of nitrogens with zero attached hydrogens (tertiary/aromatic N) is 2. The molecular weight excluding hydrogens is 390 g/mol. The van der Waals surface area contributed by atoms with Crippen molar-refractivity contribution in [3.05, 3.63) is 59.7 Å². The number of piperidine rings is 1. The van der Waals surface area contributed by atoms with Crippen molar-refractivity contribution in [2.45, 2.75) is 26.2 Å². The molecule has 6 nitrogen and oxygen atoms in total. The molecule has 2 aromatic carbocycles. The van der Waals surface area contributed by atoms with E-state index in [1.54, 1.807) is 6.92 Å². The highest BCUT2D eigenvalue weighted by Gasteiger charge is 2.21. The Bertz CT molecular complexity index is 881. The molecule has 2 aliphatic heterocycles. The van der Waals surface area contributed by atoms with Crippen LogP contribution in [0.2, 0.25) is 0 Å². The standard InChI is InChI=1S/C25H31N3O3/c1-19(29)27-12-10-21(11-13-27)18-20-2-4-22(5-3-20)25(30)26-23-6-8-24(9-7-23)28-14-16-31-17-15-28/h2-9,21H,10-18H2,1H3,(H,26,30). The van der Waals surface area contributed by atoms with Crippen molar-refractivity contribution < 1.29 is 14.3 Å². The fraction of sp³-hybridized carbons (Fsp3) is 0.440. The minimum absolute atomic E-state index is 0.0968. The fourth-order valence-corrected chi connectivity index (χ4v) is 4.36. The Morgan fingerprint density at radius 2 is 1.58 bits per heavy atom. The van der Waals surface area contributed by atoms with Crippen molar-refractivity contribution in [1.29, 1.82) is 0 Å². The van der Waals surface area contributed by atoms with Gasteiger partial charge in [0, 0.05) is 50.0 Å². The molecule has 31 heavy (non-hydrogen) atoms. The van der Waals surface area contributed by atoms with Crippen molar-refractivity contribution >= 4 is 23.2 Å². The monoisotopic (exact) mass is 421 g/mol. The zero-order chi connectivity index (χ0) is 21.6. The van der Waals surface area contributed by atoms with Gasteiger partial charge in [0.25, 0.3) is 5.91 Å². The SMILES string of the molecule is CC(=O)N1CCC(Cc2ccc(C(=O)Nc3ccc(N4CCOCC4)cc3)cc2)CC1. The van der Waals surface area contributed by atoms with Crippen LogP contribution in [0.4, 0.5) is 11.4 Å². The molecule has 164 valence electrons. The molecule has 2 amide bonds. The third-order valence-electron chi connectivity index (χ3n) is 6.30. The number of hydrogen-bond acceptors (Lipinski definition) is 4. The first-order chi connectivity index (χ1) is 15.1. The smallest absolute Gasteiger partial charge is 0.255 e. The van der Waals surface area contributed by atoms with Crippen molar-refractivity contribution in [3.63, 3.8) is 0 Å². The van der Waals surface area contributed by atoms with Crippen LogP contribution in [-0.2, 0) is 16.0 Å². The number of likely N-dealkylation sites (tertiary alicyclic amines) is 1. The lowest BCUT2D eigenvalue weighted by atomic mass is 9.90. The van der Waals surface area contributed by atoms with E-state index in [2.05, 4.69) is 10.2 Å². The molecule has 2 aromatic rings. The van der Waals surface area contributed by atoms with Crippen molar-refractivity contribution in [2.75, 3.05) is 49.6 Å². The second-order valence-electron chi connectivity index (χ2n) is 8.45. The molecule has 0 aliphatic carbocycles. The molecule has 0 radical (unpaired) electrons. The summed E-state index contributed by atoms with van der Waals surface area (Å²) < 4.78 is 5.40. The van der Waals surface area contributed by atoms with Gasteiger partial charge in [-0.25, -0.2) is 0 Å². The first-order valence-electron chi connectivity index (χ1n) is 11.2. The minimum Gasteiger partial charge on any atom is -0.378 e. The normalized spacial score (nSPS) is 17.5. The van der Waals surface area contributed by atoms with Crippen molar-refractivity contribution in [1.82, 2.24) is 4.90 Å². The van der Waals surface area contributed by atoms with Crippen molar-refractivity contribution in [3.8, 4) is 0 Å². The van der Waals surface area contributed by atoms with Gasteiger partial charge in [-0.3, -0.25) is 9.59 Å². The summed E-state index contributed by atoms with van der Waals surface area (Å²) in [4.78, 5) is 28.3. The number of rotatable bonds is 5. The van der Waals surface area contributed by atoms with Gasteiger partial charge >= 0.3 is 0 Å². The first kappa shape index (κ1) is 21.4. The Hall–Kier alpha value is -2.86. The average molecular weight is 422 g/mol. The van der Waals surface area contributed by atoms with Crippen LogP contribution in [0, 0.1) is 5.92 Å². The zero-order valence-corrected chi connectivity index (χ0v) is 18.2. The van der Waals surface area contributed by atoms with Crippen LogP contribution in [0.1, 0.15) is 35.7 Å². The van der Waals surface area contributed by atoms with E-state index in [0.717, 1.165) is 70.0 Å². The topological polar surface area (TPSA) is 61.9 Å². The summed E-state index contributed by atoms with van der Waals surface area (Å²) in [5.74, 6) is 0.672. The van der Waals surface area contributed by atoms with E-state index in [-0.39, 0.29) is 11.8 Å². The highest BCUT2D eigenvalue weighted by Crippen LogP contribution is 2.23. The molecule has 0 spiro atoms. The second-order valence-corrected chi connectivity index (χ2v) is 8.45. The molecule has 2 saturated heterocycles. The van der Waals surface area contributed by atoms with E-state index in [1.165, 1.54) is 5.56 Å². The van der Waals surface area contributed by atoms with Crippen LogP contribution in [-0.4, -0.2) is 56.1 Å². The van der Waals surface area contributed by atoms with E-state index in [9.17, 15) is 9.59 Å². The van der Waals surface area contributed by atoms with E-state index < -0.39 is 0 Å². The third-order valence-corrected chi connectivity index (χ3v) is 6.30. The van der Waals surface area contributed by atoms with E-state index in [0.29, 0.717) is 11.5 Å². The summed E-state index contributed by atoms with van der Waals surface area (Å²) in [7, 11) is 0. The van der Waals surface area contributed by atoms with Gasteiger partial charge in [-0.2, -0.15) is 0 Å². The van der Waals surface area contributed by atoms with Gasteiger partial charge in [0.05, 0.1) is 13.2 Å². The maximum absolute atomic E-state index is 12.6. The number of amides is 2. The molecule has 6 heteroatoms. The number of carbonyl (C=O) groups excluding carboxylic acids is 2. The highest BCUT2D eigenvalue weighted by atomic mass is 16.5. The average Bonchev–Trinajstić information content (AvgIpc) is 2.81. The van der Waals surface area contributed by atoms with Crippen LogP contribution in [0.25, 0.3) is 0 Å². The zero-order valence-electron chi connectivity index (χ0n) is 18.2. The lowest BCUT2D eigenvalue weighted by Gasteiger charge is -2.31. The number of carbonyl (C=O) groups is 2.